The molecule has 1 amide bonds. The Bertz CT molecular complexity index is 580. The van der Waals surface area contributed by atoms with Crippen molar-refractivity contribution in [1.82, 2.24) is 5.32 Å². The number of hydrogen-bond acceptors (Lipinski definition) is 3. The van der Waals surface area contributed by atoms with Crippen LogP contribution in [0.4, 0.5) is 0 Å². The van der Waals surface area contributed by atoms with Crippen LogP contribution in [-0.4, -0.2) is 29.8 Å². The van der Waals surface area contributed by atoms with Crippen molar-refractivity contribution in [1.29, 1.82) is 0 Å². The summed E-state index contributed by atoms with van der Waals surface area (Å²) in [7, 11) is 0. The molecule has 2 atom stereocenters. The lowest BCUT2D eigenvalue weighted by Crippen LogP contribution is -2.36. The molecule has 1 heterocycles. The molecule has 2 aliphatic carbocycles. The standard InChI is InChI=1S/C17H21NO3/c19-14(17(20)18-12-4-5-12)9-11-2-1-10-3-6-15-13(16(10)11)7-8-21-15/h3,6,11-12,14,19H,1-2,4-5,7-9H2,(H,18,20)/t11-,14+/m0/s1. The predicted molar refractivity (Wildman–Crippen MR) is 78.5 cm³/mol. The third-order valence-electron chi connectivity index (χ3n) is 4.92. The molecule has 21 heavy (non-hydrogen) atoms. The average molecular weight is 287 g/mol. The fourth-order valence-electron chi connectivity index (χ4n) is 3.69. The first kappa shape index (κ1) is 13.1. The van der Waals surface area contributed by atoms with Gasteiger partial charge in [0, 0.05) is 18.0 Å². The summed E-state index contributed by atoms with van der Waals surface area (Å²) in [4.78, 5) is 11.9. The summed E-state index contributed by atoms with van der Waals surface area (Å²) in [5, 5.41) is 13.1. The minimum Gasteiger partial charge on any atom is -0.493 e. The lowest BCUT2D eigenvalue weighted by molar-refractivity contribution is -0.130. The maximum atomic E-state index is 11.9. The first-order chi connectivity index (χ1) is 10.2. The van der Waals surface area contributed by atoms with Gasteiger partial charge in [-0.3, -0.25) is 4.79 Å². The first-order valence-electron chi connectivity index (χ1n) is 7.98. The van der Waals surface area contributed by atoms with Crippen molar-refractivity contribution in [3.8, 4) is 5.75 Å². The molecule has 1 aliphatic heterocycles. The van der Waals surface area contributed by atoms with Crippen molar-refractivity contribution >= 4 is 5.91 Å². The quantitative estimate of drug-likeness (QED) is 0.886. The van der Waals surface area contributed by atoms with Gasteiger partial charge in [0.2, 0.25) is 5.91 Å². The van der Waals surface area contributed by atoms with Gasteiger partial charge in [0.05, 0.1) is 6.61 Å². The maximum Gasteiger partial charge on any atom is 0.249 e. The lowest BCUT2D eigenvalue weighted by atomic mass is 9.90. The highest BCUT2D eigenvalue weighted by Gasteiger charge is 2.33. The second-order valence-corrected chi connectivity index (χ2v) is 6.48. The predicted octanol–water partition coefficient (Wildman–Crippen LogP) is 1.68. The lowest BCUT2D eigenvalue weighted by Gasteiger charge is -2.18. The topological polar surface area (TPSA) is 58.6 Å². The van der Waals surface area contributed by atoms with Crippen LogP contribution >= 0.6 is 0 Å². The molecule has 1 aromatic rings. The van der Waals surface area contributed by atoms with E-state index in [9.17, 15) is 9.90 Å². The van der Waals surface area contributed by atoms with Gasteiger partial charge in [-0.15, -0.1) is 0 Å². The minimum atomic E-state index is -0.889. The molecule has 0 unspecified atom stereocenters. The summed E-state index contributed by atoms with van der Waals surface area (Å²) in [6, 6.07) is 4.52. The number of ether oxygens (including phenoxy) is 1. The van der Waals surface area contributed by atoms with Gasteiger partial charge in [-0.1, -0.05) is 6.07 Å². The number of aliphatic hydroxyl groups excluding tert-OH is 1. The van der Waals surface area contributed by atoms with Crippen LogP contribution in [0.2, 0.25) is 0 Å². The highest BCUT2D eigenvalue weighted by Crippen LogP contribution is 2.43. The molecule has 0 saturated heterocycles. The zero-order valence-corrected chi connectivity index (χ0v) is 12.1. The largest absolute Gasteiger partial charge is 0.493 e. The van der Waals surface area contributed by atoms with Crippen molar-refractivity contribution < 1.29 is 14.6 Å². The number of aryl methyl sites for hydroxylation is 1. The Hall–Kier alpha value is -1.55. The summed E-state index contributed by atoms with van der Waals surface area (Å²) in [5.74, 6) is 1.09. The van der Waals surface area contributed by atoms with Crippen LogP contribution in [0.25, 0.3) is 0 Å². The van der Waals surface area contributed by atoms with Gasteiger partial charge >= 0.3 is 0 Å². The van der Waals surface area contributed by atoms with Crippen LogP contribution in [0.5, 0.6) is 5.75 Å². The second kappa shape index (κ2) is 5.02. The SMILES string of the molecule is O=C(NC1CC1)[C@H](O)C[C@@H]1CCc2ccc3c(c21)CCO3. The molecule has 2 N–H and O–H groups in total. The van der Waals surface area contributed by atoms with Crippen LogP contribution in [-0.2, 0) is 17.6 Å². The number of nitrogens with one attached hydrogen (secondary N) is 1. The van der Waals surface area contributed by atoms with E-state index in [0.29, 0.717) is 12.5 Å². The maximum absolute atomic E-state index is 11.9. The third kappa shape index (κ3) is 2.42. The molecule has 4 rings (SSSR count). The highest BCUT2D eigenvalue weighted by molar-refractivity contribution is 5.81. The Labute approximate surface area is 124 Å². The van der Waals surface area contributed by atoms with Crippen LogP contribution in [0.15, 0.2) is 12.1 Å². The Morgan fingerprint density at radius 3 is 3.00 bits per heavy atom. The van der Waals surface area contributed by atoms with E-state index in [1.54, 1.807) is 0 Å². The van der Waals surface area contributed by atoms with Crippen LogP contribution in [0.1, 0.15) is 48.3 Å². The molecular weight excluding hydrogens is 266 g/mol. The van der Waals surface area contributed by atoms with E-state index >= 15 is 0 Å². The van der Waals surface area contributed by atoms with E-state index in [1.165, 1.54) is 16.7 Å². The average Bonchev–Trinajstić information content (AvgIpc) is 3.01. The van der Waals surface area contributed by atoms with E-state index in [0.717, 1.165) is 44.5 Å². The van der Waals surface area contributed by atoms with Crippen LogP contribution < -0.4 is 10.1 Å². The van der Waals surface area contributed by atoms with Crippen molar-refractivity contribution in [3.05, 3.63) is 28.8 Å². The van der Waals surface area contributed by atoms with Gasteiger partial charge in [0.25, 0.3) is 0 Å². The van der Waals surface area contributed by atoms with Gasteiger partial charge in [-0.05, 0) is 55.2 Å². The number of benzene rings is 1. The summed E-state index contributed by atoms with van der Waals surface area (Å²) >= 11 is 0. The van der Waals surface area contributed by atoms with Crippen molar-refractivity contribution in [3.63, 3.8) is 0 Å². The number of hydrogen-bond donors (Lipinski definition) is 2. The zero-order valence-electron chi connectivity index (χ0n) is 12.1. The third-order valence-corrected chi connectivity index (χ3v) is 4.92. The molecule has 0 radical (unpaired) electrons. The molecule has 4 nitrogen and oxygen atoms in total. The normalized spacial score (nSPS) is 24.1. The van der Waals surface area contributed by atoms with Crippen molar-refractivity contribution in [2.24, 2.45) is 0 Å². The van der Waals surface area contributed by atoms with Gasteiger partial charge in [0.15, 0.2) is 0 Å². The smallest absolute Gasteiger partial charge is 0.249 e. The van der Waals surface area contributed by atoms with Gasteiger partial charge in [-0.25, -0.2) is 0 Å². The monoisotopic (exact) mass is 287 g/mol. The van der Waals surface area contributed by atoms with E-state index in [2.05, 4.69) is 17.4 Å². The van der Waals surface area contributed by atoms with E-state index < -0.39 is 6.10 Å². The Balaban J connectivity index is 1.51. The minimum absolute atomic E-state index is 0.199. The molecule has 1 aromatic carbocycles. The summed E-state index contributed by atoms with van der Waals surface area (Å²) in [6.45, 7) is 0.753. The zero-order chi connectivity index (χ0) is 14.4. The highest BCUT2D eigenvalue weighted by atomic mass is 16.5. The van der Waals surface area contributed by atoms with Crippen molar-refractivity contribution in [2.75, 3.05) is 6.61 Å². The summed E-state index contributed by atoms with van der Waals surface area (Å²) < 4.78 is 5.64. The Kier molecular flexibility index (Phi) is 3.14. The van der Waals surface area contributed by atoms with Gasteiger partial charge in [-0.2, -0.15) is 0 Å². The Morgan fingerprint density at radius 1 is 1.33 bits per heavy atom. The van der Waals surface area contributed by atoms with E-state index in [-0.39, 0.29) is 11.8 Å². The number of amides is 1. The van der Waals surface area contributed by atoms with Crippen LogP contribution in [0, 0.1) is 0 Å². The van der Waals surface area contributed by atoms with Gasteiger partial charge < -0.3 is 15.2 Å². The number of carbonyl (C=O) groups excluding carboxylic acids is 1. The summed E-state index contributed by atoms with van der Waals surface area (Å²) in [6.07, 6.45) is 4.77. The first-order valence-corrected chi connectivity index (χ1v) is 7.98. The van der Waals surface area contributed by atoms with E-state index in [4.69, 9.17) is 4.74 Å². The van der Waals surface area contributed by atoms with Crippen LogP contribution in [0.3, 0.4) is 0 Å². The second-order valence-electron chi connectivity index (χ2n) is 6.48. The molecule has 1 saturated carbocycles. The molecular formula is C17H21NO3. The molecule has 0 aromatic heterocycles. The molecule has 4 heteroatoms. The fraction of sp³-hybridized carbons (Fsp3) is 0.588. The number of carbonyl (C=O) groups is 1. The number of aliphatic hydroxyl groups is 1. The number of rotatable bonds is 4. The van der Waals surface area contributed by atoms with Gasteiger partial charge in [0.1, 0.15) is 11.9 Å². The Morgan fingerprint density at radius 2 is 2.19 bits per heavy atom. The van der Waals surface area contributed by atoms with Crippen molar-refractivity contribution in [2.45, 2.75) is 56.6 Å². The summed E-state index contributed by atoms with van der Waals surface area (Å²) in [5.41, 5.74) is 4.03. The van der Waals surface area contributed by atoms with E-state index in [1.807, 2.05) is 0 Å². The molecule has 3 aliphatic rings. The molecule has 112 valence electrons. The number of fused-ring (bicyclic) bond motifs is 3. The molecule has 1 fully saturated rings. The fourth-order valence-corrected chi connectivity index (χ4v) is 3.69. The molecule has 0 bridgehead atoms. The molecule has 0 spiro atoms.